The first-order chi connectivity index (χ1) is 8.75. The maximum atomic E-state index is 5.78. The lowest BCUT2D eigenvalue weighted by molar-refractivity contribution is 0.428. The van der Waals surface area contributed by atoms with Gasteiger partial charge in [-0.2, -0.15) is 4.98 Å². The Hall–Kier alpha value is -1.81. The molecule has 0 aliphatic heterocycles. The molecule has 0 saturated carbocycles. The molecule has 18 heavy (non-hydrogen) atoms. The van der Waals surface area contributed by atoms with Gasteiger partial charge in [-0.1, -0.05) is 24.3 Å². The fourth-order valence-corrected chi connectivity index (χ4v) is 2.29. The van der Waals surface area contributed by atoms with Gasteiger partial charge in [0.15, 0.2) is 0 Å². The first-order valence-electron chi connectivity index (χ1n) is 5.59. The number of hydrogen-bond donors (Lipinski definition) is 0. The zero-order valence-corrected chi connectivity index (χ0v) is 11.4. The maximum Gasteiger partial charge on any atom is 0.302 e. The zero-order chi connectivity index (χ0) is 12.5. The fourth-order valence-electron chi connectivity index (χ4n) is 1.84. The SMILES string of the molecule is Cn1c(Oc2ccccc2)nc2c(Br)cccc21. The Kier molecular flexibility index (Phi) is 2.80. The fraction of sp³-hybridized carbons (Fsp3) is 0.0714. The minimum absolute atomic E-state index is 0.586. The van der Waals surface area contributed by atoms with Gasteiger partial charge in [0.25, 0.3) is 0 Å². The van der Waals surface area contributed by atoms with Crippen LogP contribution in [-0.2, 0) is 7.05 Å². The summed E-state index contributed by atoms with van der Waals surface area (Å²) in [4.78, 5) is 4.50. The van der Waals surface area contributed by atoms with Gasteiger partial charge < -0.3 is 4.74 Å². The lowest BCUT2D eigenvalue weighted by Crippen LogP contribution is -1.93. The third-order valence-corrected chi connectivity index (χ3v) is 3.41. The molecule has 0 N–H and O–H groups in total. The van der Waals surface area contributed by atoms with Crippen molar-refractivity contribution < 1.29 is 4.74 Å². The van der Waals surface area contributed by atoms with Gasteiger partial charge in [-0.15, -0.1) is 0 Å². The van der Waals surface area contributed by atoms with Gasteiger partial charge in [0.2, 0.25) is 0 Å². The van der Waals surface area contributed by atoms with Crippen molar-refractivity contribution in [3.63, 3.8) is 0 Å². The summed E-state index contributed by atoms with van der Waals surface area (Å²) in [5, 5.41) is 0. The van der Waals surface area contributed by atoms with Crippen molar-refractivity contribution in [1.29, 1.82) is 0 Å². The first kappa shape index (κ1) is 11.3. The van der Waals surface area contributed by atoms with Gasteiger partial charge in [-0.05, 0) is 40.2 Å². The molecule has 0 atom stereocenters. The van der Waals surface area contributed by atoms with Crippen LogP contribution in [-0.4, -0.2) is 9.55 Å². The monoisotopic (exact) mass is 302 g/mol. The smallest absolute Gasteiger partial charge is 0.302 e. The Bertz CT molecular complexity index is 692. The molecule has 0 radical (unpaired) electrons. The zero-order valence-electron chi connectivity index (χ0n) is 9.80. The van der Waals surface area contributed by atoms with Gasteiger partial charge in [-0.3, -0.25) is 4.57 Å². The molecule has 0 fully saturated rings. The molecule has 0 saturated heterocycles. The number of rotatable bonds is 2. The molecule has 3 aromatic rings. The average Bonchev–Trinajstić information content (AvgIpc) is 2.70. The van der Waals surface area contributed by atoms with E-state index in [0.29, 0.717) is 6.01 Å². The molecule has 3 nitrogen and oxygen atoms in total. The van der Waals surface area contributed by atoms with Crippen molar-refractivity contribution in [2.24, 2.45) is 7.05 Å². The number of nitrogens with zero attached hydrogens (tertiary/aromatic N) is 2. The van der Waals surface area contributed by atoms with Crippen LogP contribution in [0.1, 0.15) is 0 Å². The molecular formula is C14H11BrN2O. The standard InChI is InChI=1S/C14H11BrN2O/c1-17-12-9-5-8-11(15)13(12)16-14(17)18-10-6-3-2-4-7-10/h2-9H,1H3. The average molecular weight is 303 g/mol. The summed E-state index contributed by atoms with van der Waals surface area (Å²) < 4.78 is 8.69. The van der Waals surface area contributed by atoms with Crippen LogP contribution in [0.25, 0.3) is 11.0 Å². The number of imidazole rings is 1. The van der Waals surface area contributed by atoms with E-state index in [1.54, 1.807) is 0 Å². The van der Waals surface area contributed by atoms with E-state index in [4.69, 9.17) is 4.74 Å². The Morgan fingerprint density at radius 2 is 1.83 bits per heavy atom. The molecule has 2 aromatic carbocycles. The second kappa shape index (κ2) is 4.46. The Balaban J connectivity index is 2.08. The lowest BCUT2D eigenvalue weighted by atomic mass is 10.3. The Morgan fingerprint density at radius 1 is 1.06 bits per heavy atom. The van der Waals surface area contributed by atoms with Gasteiger partial charge in [-0.25, -0.2) is 0 Å². The van der Waals surface area contributed by atoms with E-state index in [-0.39, 0.29) is 0 Å². The Labute approximate surface area is 113 Å². The van der Waals surface area contributed by atoms with Crippen molar-refractivity contribution in [2.75, 3.05) is 0 Å². The second-order valence-electron chi connectivity index (χ2n) is 3.98. The van der Waals surface area contributed by atoms with Crippen molar-refractivity contribution in [2.45, 2.75) is 0 Å². The van der Waals surface area contributed by atoms with Gasteiger partial charge in [0, 0.05) is 11.5 Å². The quantitative estimate of drug-likeness (QED) is 0.712. The van der Waals surface area contributed by atoms with Crippen molar-refractivity contribution in [3.05, 3.63) is 53.0 Å². The van der Waals surface area contributed by atoms with E-state index in [2.05, 4.69) is 20.9 Å². The van der Waals surface area contributed by atoms with Crippen LogP contribution in [0.2, 0.25) is 0 Å². The second-order valence-corrected chi connectivity index (χ2v) is 4.83. The minimum Gasteiger partial charge on any atom is -0.426 e. The normalized spacial score (nSPS) is 10.8. The molecule has 90 valence electrons. The van der Waals surface area contributed by atoms with Gasteiger partial charge >= 0.3 is 6.01 Å². The predicted molar refractivity (Wildman–Crippen MR) is 74.9 cm³/mol. The van der Waals surface area contributed by atoms with Crippen LogP contribution in [0.15, 0.2) is 53.0 Å². The van der Waals surface area contributed by atoms with E-state index >= 15 is 0 Å². The highest BCUT2D eigenvalue weighted by atomic mass is 79.9. The van der Waals surface area contributed by atoms with Crippen molar-refractivity contribution in [3.8, 4) is 11.8 Å². The summed E-state index contributed by atoms with van der Waals surface area (Å²) in [6.07, 6.45) is 0. The third-order valence-electron chi connectivity index (χ3n) is 2.77. The van der Waals surface area contributed by atoms with E-state index in [1.165, 1.54) is 0 Å². The molecule has 0 aliphatic carbocycles. The molecule has 4 heteroatoms. The van der Waals surface area contributed by atoms with Crippen LogP contribution in [0.4, 0.5) is 0 Å². The number of fused-ring (bicyclic) bond motifs is 1. The van der Waals surface area contributed by atoms with E-state index < -0.39 is 0 Å². The van der Waals surface area contributed by atoms with E-state index in [0.717, 1.165) is 21.3 Å². The van der Waals surface area contributed by atoms with Crippen LogP contribution in [0.5, 0.6) is 11.8 Å². The molecular weight excluding hydrogens is 292 g/mol. The topological polar surface area (TPSA) is 27.1 Å². The van der Waals surface area contributed by atoms with Gasteiger partial charge in [0.05, 0.1) is 5.52 Å². The number of halogens is 1. The van der Waals surface area contributed by atoms with Crippen LogP contribution < -0.4 is 4.74 Å². The summed E-state index contributed by atoms with van der Waals surface area (Å²) in [5.41, 5.74) is 1.95. The number of benzene rings is 2. The number of aromatic nitrogens is 2. The van der Waals surface area contributed by atoms with E-state index in [9.17, 15) is 0 Å². The summed E-state index contributed by atoms with van der Waals surface area (Å²) in [7, 11) is 1.94. The highest BCUT2D eigenvalue weighted by molar-refractivity contribution is 9.10. The molecule has 0 amide bonds. The summed E-state index contributed by atoms with van der Waals surface area (Å²) >= 11 is 3.50. The van der Waals surface area contributed by atoms with Crippen LogP contribution >= 0.6 is 15.9 Å². The van der Waals surface area contributed by atoms with E-state index in [1.807, 2.05) is 60.1 Å². The van der Waals surface area contributed by atoms with Crippen molar-refractivity contribution in [1.82, 2.24) is 9.55 Å². The molecule has 1 heterocycles. The molecule has 0 bridgehead atoms. The van der Waals surface area contributed by atoms with Gasteiger partial charge in [0.1, 0.15) is 11.3 Å². The number of para-hydroxylation sites is 2. The Morgan fingerprint density at radius 3 is 2.56 bits per heavy atom. The predicted octanol–water partition coefficient (Wildman–Crippen LogP) is 4.13. The summed E-state index contributed by atoms with van der Waals surface area (Å²) in [6, 6.07) is 16.2. The molecule has 0 spiro atoms. The number of ether oxygens (including phenoxy) is 1. The van der Waals surface area contributed by atoms with Crippen LogP contribution in [0.3, 0.4) is 0 Å². The first-order valence-corrected chi connectivity index (χ1v) is 6.39. The highest BCUT2D eigenvalue weighted by Gasteiger charge is 2.11. The van der Waals surface area contributed by atoms with Crippen LogP contribution in [0, 0.1) is 0 Å². The summed E-state index contributed by atoms with van der Waals surface area (Å²) in [6.45, 7) is 0. The largest absolute Gasteiger partial charge is 0.426 e. The lowest BCUT2D eigenvalue weighted by Gasteiger charge is -2.04. The third kappa shape index (κ3) is 1.88. The molecule has 0 unspecified atom stereocenters. The molecule has 3 rings (SSSR count). The number of hydrogen-bond acceptors (Lipinski definition) is 2. The summed E-state index contributed by atoms with van der Waals surface area (Å²) in [5.74, 6) is 0.784. The van der Waals surface area contributed by atoms with Crippen molar-refractivity contribution >= 4 is 27.0 Å². The number of aryl methyl sites for hydroxylation is 1. The maximum absolute atomic E-state index is 5.78. The minimum atomic E-state index is 0.586. The molecule has 0 aliphatic rings. The molecule has 1 aromatic heterocycles. The highest BCUT2D eigenvalue weighted by Crippen LogP contribution is 2.28.